The van der Waals surface area contributed by atoms with Gasteiger partial charge in [-0.05, 0) is 30.2 Å². The van der Waals surface area contributed by atoms with E-state index in [1.165, 1.54) is 7.05 Å². The van der Waals surface area contributed by atoms with Gasteiger partial charge in [0.2, 0.25) is 0 Å². The van der Waals surface area contributed by atoms with Crippen molar-refractivity contribution in [3.8, 4) is 11.5 Å². The smallest absolute Gasteiger partial charge is 0.352 e. The molecule has 2 aliphatic rings. The number of aromatic nitrogens is 4. The Balaban J connectivity index is 1.68. The normalized spacial score (nSPS) is 12.3. The number of fused-ring (bicyclic) bond motifs is 2. The molecule has 3 N–H and O–H groups in total. The number of aliphatic hydroxyl groups excluding tert-OH is 2. The number of nitrogens with one attached hydrogen (secondary N) is 1. The van der Waals surface area contributed by atoms with E-state index in [4.69, 9.17) is 9.84 Å². The van der Waals surface area contributed by atoms with Gasteiger partial charge in [0.05, 0.1) is 24.2 Å². The highest BCUT2D eigenvalue weighted by Crippen LogP contribution is 2.24. The van der Waals surface area contributed by atoms with Gasteiger partial charge in [-0.2, -0.15) is 4.98 Å². The van der Waals surface area contributed by atoms with Gasteiger partial charge in [-0.1, -0.05) is 30.3 Å². The van der Waals surface area contributed by atoms with E-state index < -0.39 is 17.4 Å². The highest BCUT2D eigenvalue weighted by atomic mass is 16.5. The molecule has 0 saturated carbocycles. The molecule has 0 amide bonds. The molecule has 10 nitrogen and oxygen atoms in total. The van der Waals surface area contributed by atoms with Crippen LogP contribution in [0.2, 0.25) is 0 Å². The van der Waals surface area contributed by atoms with Crippen molar-refractivity contribution in [3.05, 3.63) is 74.9 Å². The third kappa shape index (κ3) is 5.14. The lowest BCUT2D eigenvalue weighted by Gasteiger charge is -2.18. The Morgan fingerprint density at radius 2 is 1.91 bits per heavy atom. The zero-order chi connectivity index (χ0) is 24.1. The molecule has 2 heterocycles. The van der Waals surface area contributed by atoms with Gasteiger partial charge in [-0.15, -0.1) is 0 Å². The third-order valence-corrected chi connectivity index (χ3v) is 5.49. The van der Waals surface area contributed by atoms with E-state index >= 15 is 0 Å². The highest BCUT2D eigenvalue weighted by molar-refractivity contribution is 5.82. The van der Waals surface area contributed by atoms with E-state index in [2.05, 4.69) is 15.3 Å². The Morgan fingerprint density at radius 3 is 2.68 bits per heavy atom. The van der Waals surface area contributed by atoms with E-state index in [0.29, 0.717) is 31.6 Å². The molecular weight excluding hydrogens is 438 g/mol. The van der Waals surface area contributed by atoms with Gasteiger partial charge in [0.25, 0.3) is 5.56 Å². The van der Waals surface area contributed by atoms with Crippen molar-refractivity contribution in [2.75, 3.05) is 25.1 Å². The summed E-state index contributed by atoms with van der Waals surface area (Å²) >= 11 is 0. The van der Waals surface area contributed by atoms with E-state index in [9.17, 15) is 14.7 Å². The lowest BCUT2D eigenvalue weighted by molar-refractivity contribution is 0.00503. The van der Waals surface area contributed by atoms with Crippen molar-refractivity contribution in [2.45, 2.75) is 25.6 Å². The van der Waals surface area contributed by atoms with Crippen LogP contribution >= 0.6 is 0 Å². The summed E-state index contributed by atoms with van der Waals surface area (Å²) in [5.74, 6) is 0.219. The van der Waals surface area contributed by atoms with Crippen LogP contribution < -0.4 is 16.6 Å². The predicted molar refractivity (Wildman–Crippen MR) is 128 cm³/mol. The molecule has 0 saturated heterocycles. The molecule has 0 fully saturated rings. The third-order valence-electron chi connectivity index (χ3n) is 5.49. The summed E-state index contributed by atoms with van der Waals surface area (Å²) in [7, 11) is 1.38. The van der Waals surface area contributed by atoms with Crippen molar-refractivity contribution >= 4 is 16.7 Å². The minimum absolute atomic E-state index is 0.0239. The standard InChI is InChI=1S/C24H27N5O5/c1-28-23(32)21-22(27-24(28)33)29(10-5-11-34-15-18(31)14-30)20-12-17(8-9-19(20)26-21)25-13-16-6-3-2-4-7-16/h2-4,6-9,12,18,25,30-31H,5,10-11,13-15H2,1H3. The van der Waals surface area contributed by atoms with Crippen LogP contribution in [0.1, 0.15) is 12.0 Å². The van der Waals surface area contributed by atoms with Crippen molar-refractivity contribution in [1.82, 2.24) is 19.1 Å². The summed E-state index contributed by atoms with van der Waals surface area (Å²) < 4.78 is 8.16. The maximum atomic E-state index is 12.7. The first-order valence-corrected chi connectivity index (χ1v) is 11.0. The predicted octanol–water partition coefficient (Wildman–Crippen LogP) is 0.967. The van der Waals surface area contributed by atoms with Crippen molar-refractivity contribution in [2.24, 2.45) is 7.05 Å². The van der Waals surface area contributed by atoms with Gasteiger partial charge < -0.3 is 24.8 Å². The fourth-order valence-corrected chi connectivity index (χ4v) is 3.65. The second kappa shape index (κ2) is 10.6. The Hall–Kier alpha value is -3.60. The lowest BCUT2D eigenvalue weighted by Crippen LogP contribution is -2.36. The Bertz CT molecular complexity index is 1350. The van der Waals surface area contributed by atoms with Gasteiger partial charge >= 0.3 is 5.69 Å². The SMILES string of the molecule is Cn1c(=O)nc2n(CCCOCC(O)CO)c3cc(NCc4ccccc4)ccc3nc-2c1=O. The topological polar surface area (TPSA) is 132 Å². The van der Waals surface area contributed by atoms with Crippen LogP contribution in [0.25, 0.3) is 22.6 Å². The number of aryl methyl sites for hydroxylation is 1. The molecule has 4 rings (SSSR count). The van der Waals surface area contributed by atoms with Gasteiger partial charge in [-0.3, -0.25) is 9.36 Å². The molecule has 0 radical (unpaired) electrons. The molecule has 0 bridgehead atoms. The number of anilines is 1. The summed E-state index contributed by atoms with van der Waals surface area (Å²) in [5, 5.41) is 21.7. The maximum absolute atomic E-state index is 12.7. The van der Waals surface area contributed by atoms with Gasteiger partial charge in [0.1, 0.15) is 6.10 Å². The maximum Gasteiger partial charge on any atom is 0.352 e. The van der Waals surface area contributed by atoms with Crippen molar-refractivity contribution in [1.29, 1.82) is 0 Å². The number of ether oxygens (including phenoxy) is 1. The zero-order valence-electron chi connectivity index (χ0n) is 18.8. The molecule has 1 atom stereocenters. The first kappa shape index (κ1) is 23.6. The van der Waals surface area contributed by atoms with E-state index in [1.54, 1.807) is 4.57 Å². The molecule has 1 unspecified atom stereocenters. The van der Waals surface area contributed by atoms with Crippen LogP contribution in [0.5, 0.6) is 0 Å². The van der Waals surface area contributed by atoms with Crippen LogP contribution in [0.4, 0.5) is 5.69 Å². The number of hydrogen-bond donors (Lipinski definition) is 3. The summed E-state index contributed by atoms with van der Waals surface area (Å²) in [6, 6.07) is 15.6. The minimum Gasteiger partial charge on any atom is -0.394 e. The van der Waals surface area contributed by atoms with E-state index in [0.717, 1.165) is 21.3 Å². The number of nitrogens with zero attached hydrogens (tertiary/aromatic N) is 4. The first-order chi connectivity index (χ1) is 16.5. The second-order valence-electron chi connectivity index (χ2n) is 8.00. The first-order valence-electron chi connectivity index (χ1n) is 11.0. The van der Waals surface area contributed by atoms with Gasteiger partial charge in [0, 0.05) is 32.4 Å². The summed E-state index contributed by atoms with van der Waals surface area (Å²) in [4.78, 5) is 33.6. The van der Waals surface area contributed by atoms with Gasteiger partial charge in [0.15, 0.2) is 11.5 Å². The van der Waals surface area contributed by atoms with E-state index in [1.807, 2.05) is 48.5 Å². The van der Waals surface area contributed by atoms with Crippen LogP contribution in [0.15, 0.2) is 58.1 Å². The molecule has 2 aromatic rings. The van der Waals surface area contributed by atoms with Crippen LogP contribution in [-0.4, -0.2) is 55.2 Å². The molecular formula is C24H27N5O5. The highest BCUT2D eigenvalue weighted by Gasteiger charge is 2.20. The number of hydrogen-bond acceptors (Lipinski definition) is 8. The quantitative estimate of drug-likeness (QED) is 0.233. The van der Waals surface area contributed by atoms with Crippen molar-refractivity contribution < 1.29 is 14.9 Å². The van der Waals surface area contributed by atoms with Crippen LogP contribution in [-0.2, 0) is 24.9 Å². The summed E-state index contributed by atoms with van der Waals surface area (Å²) in [5.41, 5.74) is 2.30. The molecule has 2 aliphatic heterocycles. The van der Waals surface area contributed by atoms with Gasteiger partial charge in [-0.25, -0.2) is 9.78 Å². The number of aliphatic hydroxyl groups is 2. The second-order valence-corrected chi connectivity index (χ2v) is 8.00. The largest absolute Gasteiger partial charge is 0.394 e. The van der Waals surface area contributed by atoms with Crippen LogP contribution in [0, 0.1) is 0 Å². The molecule has 178 valence electrons. The molecule has 34 heavy (non-hydrogen) atoms. The lowest BCUT2D eigenvalue weighted by atomic mass is 10.2. The Labute approximate surface area is 195 Å². The fourth-order valence-electron chi connectivity index (χ4n) is 3.65. The Kier molecular flexibility index (Phi) is 7.31. The van der Waals surface area contributed by atoms with Crippen molar-refractivity contribution in [3.63, 3.8) is 0 Å². The number of rotatable bonds is 10. The van der Waals surface area contributed by atoms with Crippen LogP contribution in [0.3, 0.4) is 0 Å². The minimum atomic E-state index is -0.929. The molecule has 0 spiro atoms. The average Bonchev–Trinajstić information content (AvgIpc) is 2.86. The van der Waals surface area contributed by atoms with E-state index in [-0.39, 0.29) is 24.7 Å². The molecule has 0 aromatic heterocycles. The summed E-state index contributed by atoms with van der Waals surface area (Å²) in [6.07, 6.45) is -0.398. The summed E-state index contributed by atoms with van der Waals surface area (Å²) in [6.45, 7) is 1.02. The molecule has 10 heteroatoms. The molecule has 2 aromatic carbocycles. The Morgan fingerprint density at radius 1 is 1.12 bits per heavy atom. The molecule has 0 aliphatic carbocycles. The average molecular weight is 466 g/mol. The number of benzene rings is 2. The monoisotopic (exact) mass is 465 g/mol. The zero-order valence-corrected chi connectivity index (χ0v) is 18.8. The fraction of sp³-hybridized carbons (Fsp3) is 0.333.